The zero-order valence-electron chi connectivity index (χ0n) is 9.50. The molecule has 0 aliphatic heterocycles. The summed E-state index contributed by atoms with van der Waals surface area (Å²) in [4.78, 5) is 0. The SMILES string of the molecule is CCC(O)C(O)(CC)C1CCCCC1. The van der Waals surface area contributed by atoms with Crippen LogP contribution in [0.2, 0.25) is 0 Å². The second-order valence-corrected chi connectivity index (χ2v) is 4.60. The maximum atomic E-state index is 10.5. The summed E-state index contributed by atoms with van der Waals surface area (Å²) >= 11 is 0. The Bertz CT molecular complexity index is 164. The third-order valence-electron chi connectivity index (χ3n) is 3.84. The molecule has 1 fully saturated rings. The van der Waals surface area contributed by atoms with Crippen molar-refractivity contribution in [1.82, 2.24) is 0 Å². The highest BCUT2D eigenvalue weighted by atomic mass is 16.3. The summed E-state index contributed by atoms with van der Waals surface area (Å²) in [5, 5.41) is 20.3. The highest BCUT2D eigenvalue weighted by molar-refractivity contribution is 4.92. The van der Waals surface area contributed by atoms with Gasteiger partial charge in [0.05, 0.1) is 11.7 Å². The van der Waals surface area contributed by atoms with Crippen LogP contribution in [-0.2, 0) is 0 Å². The molecule has 2 atom stereocenters. The average Bonchev–Trinajstić information content (AvgIpc) is 2.28. The predicted octanol–water partition coefficient (Wildman–Crippen LogP) is 2.48. The monoisotopic (exact) mass is 200 g/mol. The van der Waals surface area contributed by atoms with E-state index in [1.54, 1.807) is 0 Å². The van der Waals surface area contributed by atoms with Gasteiger partial charge in [-0.3, -0.25) is 0 Å². The van der Waals surface area contributed by atoms with E-state index in [2.05, 4.69) is 0 Å². The van der Waals surface area contributed by atoms with E-state index in [0.29, 0.717) is 18.8 Å². The first-order valence-corrected chi connectivity index (χ1v) is 6.05. The molecular formula is C12H24O2. The highest BCUT2D eigenvalue weighted by Crippen LogP contribution is 2.37. The van der Waals surface area contributed by atoms with E-state index < -0.39 is 11.7 Å². The molecule has 1 saturated carbocycles. The van der Waals surface area contributed by atoms with Crippen LogP contribution in [0, 0.1) is 5.92 Å². The summed E-state index contributed by atoms with van der Waals surface area (Å²) in [6, 6.07) is 0. The molecule has 1 aliphatic carbocycles. The van der Waals surface area contributed by atoms with Gasteiger partial charge in [-0.1, -0.05) is 33.1 Å². The first-order chi connectivity index (χ1) is 6.65. The fourth-order valence-corrected chi connectivity index (χ4v) is 2.75. The third-order valence-corrected chi connectivity index (χ3v) is 3.84. The van der Waals surface area contributed by atoms with Crippen LogP contribution in [-0.4, -0.2) is 21.9 Å². The molecule has 0 saturated heterocycles. The van der Waals surface area contributed by atoms with Gasteiger partial charge < -0.3 is 10.2 Å². The highest BCUT2D eigenvalue weighted by Gasteiger charge is 2.40. The summed E-state index contributed by atoms with van der Waals surface area (Å²) in [5.74, 6) is 0.316. The van der Waals surface area contributed by atoms with E-state index >= 15 is 0 Å². The lowest BCUT2D eigenvalue weighted by atomic mass is 9.72. The molecule has 2 N–H and O–H groups in total. The molecule has 84 valence electrons. The molecular weight excluding hydrogens is 176 g/mol. The van der Waals surface area contributed by atoms with Crippen LogP contribution >= 0.6 is 0 Å². The molecule has 14 heavy (non-hydrogen) atoms. The van der Waals surface area contributed by atoms with Crippen molar-refractivity contribution in [2.75, 3.05) is 0 Å². The van der Waals surface area contributed by atoms with Gasteiger partial charge >= 0.3 is 0 Å². The van der Waals surface area contributed by atoms with Gasteiger partial charge in [-0.2, -0.15) is 0 Å². The topological polar surface area (TPSA) is 40.5 Å². The van der Waals surface area contributed by atoms with Crippen LogP contribution in [0.5, 0.6) is 0 Å². The summed E-state index contributed by atoms with van der Waals surface area (Å²) in [5.41, 5.74) is -0.824. The quantitative estimate of drug-likeness (QED) is 0.732. The van der Waals surface area contributed by atoms with E-state index in [1.807, 2.05) is 13.8 Å². The van der Waals surface area contributed by atoms with Crippen molar-refractivity contribution in [2.45, 2.75) is 70.5 Å². The lowest BCUT2D eigenvalue weighted by Gasteiger charge is -2.41. The number of aliphatic hydroxyl groups excluding tert-OH is 1. The smallest absolute Gasteiger partial charge is 0.0930 e. The van der Waals surface area contributed by atoms with E-state index in [1.165, 1.54) is 19.3 Å². The van der Waals surface area contributed by atoms with Crippen molar-refractivity contribution < 1.29 is 10.2 Å². The largest absolute Gasteiger partial charge is 0.390 e. The zero-order chi connectivity index (χ0) is 10.6. The Balaban J connectivity index is 2.65. The van der Waals surface area contributed by atoms with Crippen molar-refractivity contribution >= 4 is 0 Å². The molecule has 1 aliphatic rings. The molecule has 1 rings (SSSR count). The third kappa shape index (κ3) is 2.29. The van der Waals surface area contributed by atoms with Crippen molar-refractivity contribution in [3.05, 3.63) is 0 Å². The fraction of sp³-hybridized carbons (Fsp3) is 1.00. The summed E-state index contributed by atoms with van der Waals surface area (Å²) in [6.07, 6.45) is 6.66. The predicted molar refractivity (Wildman–Crippen MR) is 58.1 cm³/mol. The zero-order valence-corrected chi connectivity index (χ0v) is 9.50. The van der Waals surface area contributed by atoms with Gasteiger partial charge in [0.1, 0.15) is 0 Å². The van der Waals surface area contributed by atoms with Gasteiger partial charge in [-0.15, -0.1) is 0 Å². The Morgan fingerprint density at radius 2 is 1.79 bits per heavy atom. The van der Waals surface area contributed by atoms with Crippen molar-refractivity contribution in [3.8, 4) is 0 Å². The first-order valence-electron chi connectivity index (χ1n) is 6.05. The standard InChI is InChI=1S/C12H24O2/c1-3-11(13)12(14,4-2)10-8-6-5-7-9-10/h10-11,13-14H,3-9H2,1-2H3. The van der Waals surface area contributed by atoms with Crippen LogP contribution in [0.1, 0.15) is 58.8 Å². The molecule has 0 radical (unpaired) electrons. The summed E-state index contributed by atoms with van der Waals surface area (Å²) < 4.78 is 0. The summed E-state index contributed by atoms with van der Waals surface area (Å²) in [7, 11) is 0. The van der Waals surface area contributed by atoms with Crippen molar-refractivity contribution in [1.29, 1.82) is 0 Å². The lowest BCUT2D eigenvalue weighted by Crippen LogP contribution is -2.48. The minimum Gasteiger partial charge on any atom is -0.390 e. The van der Waals surface area contributed by atoms with Crippen LogP contribution < -0.4 is 0 Å². The first kappa shape index (κ1) is 12.0. The Kier molecular flexibility index (Phi) is 4.39. The number of hydrogen-bond donors (Lipinski definition) is 2. The van der Waals surface area contributed by atoms with Crippen LogP contribution in [0.3, 0.4) is 0 Å². The molecule has 0 aromatic rings. The van der Waals surface area contributed by atoms with E-state index in [-0.39, 0.29) is 0 Å². The minimum absolute atomic E-state index is 0.316. The van der Waals surface area contributed by atoms with Gasteiger partial charge in [0.2, 0.25) is 0 Å². The maximum Gasteiger partial charge on any atom is 0.0930 e. The molecule has 0 amide bonds. The van der Waals surface area contributed by atoms with E-state index in [0.717, 1.165) is 12.8 Å². The normalized spacial score (nSPS) is 25.7. The number of aliphatic hydroxyl groups is 2. The Morgan fingerprint density at radius 1 is 1.21 bits per heavy atom. The molecule has 2 nitrogen and oxygen atoms in total. The van der Waals surface area contributed by atoms with Crippen molar-refractivity contribution in [3.63, 3.8) is 0 Å². The van der Waals surface area contributed by atoms with Gasteiger partial charge in [-0.05, 0) is 31.6 Å². The van der Waals surface area contributed by atoms with Gasteiger partial charge in [-0.25, -0.2) is 0 Å². The Morgan fingerprint density at radius 3 is 2.21 bits per heavy atom. The second-order valence-electron chi connectivity index (χ2n) is 4.60. The molecule has 0 heterocycles. The van der Waals surface area contributed by atoms with Gasteiger partial charge in [0, 0.05) is 0 Å². The fourth-order valence-electron chi connectivity index (χ4n) is 2.75. The molecule has 2 unspecified atom stereocenters. The maximum absolute atomic E-state index is 10.5. The Hall–Kier alpha value is -0.0800. The minimum atomic E-state index is -0.824. The molecule has 2 heteroatoms. The molecule has 0 spiro atoms. The van der Waals surface area contributed by atoms with E-state index in [9.17, 15) is 10.2 Å². The van der Waals surface area contributed by atoms with Crippen molar-refractivity contribution in [2.24, 2.45) is 5.92 Å². The van der Waals surface area contributed by atoms with Gasteiger partial charge in [0.25, 0.3) is 0 Å². The lowest BCUT2D eigenvalue weighted by molar-refractivity contribution is -0.125. The van der Waals surface area contributed by atoms with Crippen LogP contribution in [0.4, 0.5) is 0 Å². The second kappa shape index (κ2) is 5.13. The molecule has 0 aromatic carbocycles. The number of rotatable bonds is 4. The average molecular weight is 200 g/mol. The molecule has 0 aromatic heterocycles. The van der Waals surface area contributed by atoms with E-state index in [4.69, 9.17) is 0 Å². The van der Waals surface area contributed by atoms with Gasteiger partial charge in [0.15, 0.2) is 0 Å². The molecule has 0 bridgehead atoms. The van der Waals surface area contributed by atoms with Crippen LogP contribution in [0.15, 0.2) is 0 Å². The Labute approximate surface area is 87.3 Å². The summed E-state index contributed by atoms with van der Waals surface area (Å²) in [6.45, 7) is 3.92. The number of hydrogen-bond acceptors (Lipinski definition) is 2. The van der Waals surface area contributed by atoms with Crippen LogP contribution in [0.25, 0.3) is 0 Å².